The number of hydrogen-bond donors (Lipinski definition) is 1. The molecule has 2 rings (SSSR count). The summed E-state index contributed by atoms with van der Waals surface area (Å²) in [5.41, 5.74) is -0.0656. The molecular formula is C11H4Cl3F3N2. The fraction of sp³-hybridized carbons (Fsp3) is 0. The van der Waals surface area contributed by atoms with E-state index in [2.05, 4.69) is 10.3 Å². The number of aromatic nitrogens is 1. The number of pyridine rings is 1. The Balaban J connectivity index is 2.39. The van der Waals surface area contributed by atoms with E-state index in [-0.39, 0.29) is 26.7 Å². The number of nitrogens with one attached hydrogen (secondary N) is 1. The van der Waals surface area contributed by atoms with Gasteiger partial charge in [-0.2, -0.15) is 0 Å². The van der Waals surface area contributed by atoms with Gasteiger partial charge in [-0.15, -0.1) is 0 Å². The van der Waals surface area contributed by atoms with Crippen molar-refractivity contribution in [3.05, 3.63) is 50.8 Å². The van der Waals surface area contributed by atoms with Crippen LogP contribution in [0.1, 0.15) is 0 Å². The van der Waals surface area contributed by atoms with E-state index in [9.17, 15) is 13.2 Å². The summed E-state index contributed by atoms with van der Waals surface area (Å²) in [4.78, 5) is 3.80. The van der Waals surface area contributed by atoms with Crippen LogP contribution in [0, 0.1) is 17.5 Å². The van der Waals surface area contributed by atoms with Crippen molar-refractivity contribution in [2.45, 2.75) is 0 Å². The monoisotopic (exact) mass is 326 g/mol. The SMILES string of the molecule is Fc1cc(Nc2nc(Cl)c(Cl)cc2Cl)cc(F)c1F. The predicted molar refractivity (Wildman–Crippen MR) is 68.9 cm³/mol. The van der Waals surface area contributed by atoms with Crippen LogP contribution in [0.25, 0.3) is 0 Å². The third kappa shape index (κ3) is 3.05. The van der Waals surface area contributed by atoms with Crippen molar-refractivity contribution in [2.75, 3.05) is 5.32 Å². The molecule has 0 bridgehead atoms. The number of hydrogen-bond acceptors (Lipinski definition) is 2. The summed E-state index contributed by atoms with van der Waals surface area (Å²) in [5.74, 6) is -4.18. The molecule has 19 heavy (non-hydrogen) atoms. The lowest BCUT2D eigenvalue weighted by molar-refractivity contribution is 0.448. The van der Waals surface area contributed by atoms with Gasteiger partial charge in [0.15, 0.2) is 23.3 Å². The van der Waals surface area contributed by atoms with E-state index in [0.29, 0.717) is 0 Å². The maximum absolute atomic E-state index is 13.0. The van der Waals surface area contributed by atoms with E-state index in [1.54, 1.807) is 0 Å². The van der Waals surface area contributed by atoms with E-state index in [1.165, 1.54) is 6.07 Å². The number of halogens is 6. The van der Waals surface area contributed by atoms with Crippen LogP contribution >= 0.6 is 34.8 Å². The van der Waals surface area contributed by atoms with Crippen molar-refractivity contribution < 1.29 is 13.2 Å². The van der Waals surface area contributed by atoms with Crippen LogP contribution in [0.2, 0.25) is 15.2 Å². The van der Waals surface area contributed by atoms with Gasteiger partial charge >= 0.3 is 0 Å². The fourth-order valence-corrected chi connectivity index (χ4v) is 1.84. The highest BCUT2D eigenvalue weighted by atomic mass is 35.5. The van der Waals surface area contributed by atoms with Crippen LogP contribution in [-0.4, -0.2) is 4.98 Å². The molecule has 0 amide bonds. The zero-order valence-electron chi connectivity index (χ0n) is 8.95. The quantitative estimate of drug-likeness (QED) is 0.605. The molecule has 2 aromatic rings. The van der Waals surface area contributed by atoms with Gasteiger partial charge in [0.05, 0.1) is 10.0 Å². The van der Waals surface area contributed by atoms with Crippen LogP contribution in [-0.2, 0) is 0 Å². The van der Waals surface area contributed by atoms with Gasteiger partial charge in [-0.3, -0.25) is 0 Å². The first kappa shape index (κ1) is 14.2. The lowest BCUT2D eigenvalue weighted by Gasteiger charge is -2.09. The molecule has 0 radical (unpaired) electrons. The summed E-state index contributed by atoms with van der Waals surface area (Å²) in [6.45, 7) is 0. The molecule has 0 spiro atoms. The van der Waals surface area contributed by atoms with Crippen molar-refractivity contribution in [2.24, 2.45) is 0 Å². The maximum atomic E-state index is 13.0. The Morgan fingerprint density at radius 2 is 1.47 bits per heavy atom. The number of benzene rings is 1. The van der Waals surface area contributed by atoms with Gasteiger partial charge < -0.3 is 5.32 Å². The van der Waals surface area contributed by atoms with Gasteiger partial charge in [-0.1, -0.05) is 34.8 Å². The van der Waals surface area contributed by atoms with Gasteiger partial charge in [0.2, 0.25) is 0 Å². The van der Waals surface area contributed by atoms with Gasteiger partial charge in [0.25, 0.3) is 0 Å². The zero-order chi connectivity index (χ0) is 14.2. The van der Waals surface area contributed by atoms with E-state index < -0.39 is 17.5 Å². The Morgan fingerprint density at radius 3 is 2.05 bits per heavy atom. The minimum Gasteiger partial charge on any atom is -0.339 e. The summed E-state index contributed by atoms with van der Waals surface area (Å²) in [7, 11) is 0. The minimum atomic E-state index is -1.56. The summed E-state index contributed by atoms with van der Waals surface area (Å²) < 4.78 is 38.9. The Bertz CT molecular complexity index is 626. The largest absolute Gasteiger partial charge is 0.339 e. The lowest BCUT2D eigenvalue weighted by atomic mass is 10.3. The van der Waals surface area contributed by atoms with Crippen LogP contribution in [0.3, 0.4) is 0 Å². The summed E-state index contributed by atoms with van der Waals surface area (Å²) in [6.07, 6.45) is 0. The molecule has 1 N–H and O–H groups in total. The first-order valence-corrected chi connectivity index (χ1v) is 5.95. The zero-order valence-corrected chi connectivity index (χ0v) is 11.2. The molecule has 0 saturated carbocycles. The predicted octanol–water partition coefficient (Wildman–Crippen LogP) is 5.20. The van der Waals surface area contributed by atoms with Gasteiger partial charge in [0.1, 0.15) is 5.15 Å². The lowest BCUT2D eigenvalue weighted by Crippen LogP contribution is -1.99. The van der Waals surface area contributed by atoms with E-state index in [1.807, 2.05) is 0 Å². The number of rotatable bonds is 2. The molecule has 0 unspecified atom stereocenters. The molecular weight excluding hydrogens is 323 g/mol. The number of anilines is 2. The molecule has 0 saturated heterocycles. The second-order valence-electron chi connectivity index (χ2n) is 3.47. The molecule has 2 nitrogen and oxygen atoms in total. The summed E-state index contributed by atoms with van der Waals surface area (Å²) in [5, 5.41) is 2.72. The van der Waals surface area contributed by atoms with E-state index in [4.69, 9.17) is 34.8 Å². The highest BCUT2D eigenvalue weighted by molar-refractivity contribution is 6.43. The van der Waals surface area contributed by atoms with Gasteiger partial charge in [0, 0.05) is 17.8 Å². The molecule has 1 aromatic carbocycles. The average Bonchev–Trinajstić information content (AvgIpc) is 2.33. The standard InChI is InChI=1S/C11H4Cl3F3N2/c12-5-3-6(13)11(19-10(5)14)18-4-1-7(15)9(17)8(16)2-4/h1-3H,(H,18,19). The van der Waals surface area contributed by atoms with Crippen LogP contribution < -0.4 is 5.32 Å². The maximum Gasteiger partial charge on any atom is 0.194 e. The highest BCUT2D eigenvalue weighted by Crippen LogP contribution is 2.31. The summed E-state index contributed by atoms with van der Waals surface area (Å²) >= 11 is 17.2. The first-order valence-electron chi connectivity index (χ1n) is 4.81. The molecule has 0 aliphatic carbocycles. The van der Waals surface area contributed by atoms with E-state index >= 15 is 0 Å². The number of nitrogens with zero attached hydrogens (tertiary/aromatic N) is 1. The molecule has 1 aromatic heterocycles. The molecule has 8 heteroatoms. The van der Waals surface area contributed by atoms with Crippen LogP contribution in [0.5, 0.6) is 0 Å². The second-order valence-corrected chi connectivity index (χ2v) is 4.64. The first-order chi connectivity index (χ1) is 8.88. The molecule has 1 heterocycles. The van der Waals surface area contributed by atoms with Gasteiger partial charge in [-0.25, -0.2) is 18.2 Å². The van der Waals surface area contributed by atoms with Crippen molar-refractivity contribution in [1.29, 1.82) is 0 Å². The molecule has 0 fully saturated rings. The topological polar surface area (TPSA) is 24.9 Å². The van der Waals surface area contributed by atoms with Crippen molar-refractivity contribution in [1.82, 2.24) is 4.98 Å². The van der Waals surface area contributed by atoms with Crippen LogP contribution in [0.15, 0.2) is 18.2 Å². The Labute approximate surface area is 121 Å². The second kappa shape index (κ2) is 5.45. The normalized spacial score (nSPS) is 10.6. The van der Waals surface area contributed by atoms with Gasteiger partial charge in [-0.05, 0) is 6.07 Å². The molecule has 100 valence electrons. The molecule has 0 aliphatic heterocycles. The smallest absolute Gasteiger partial charge is 0.194 e. The third-order valence-electron chi connectivity index (χ3n) is 2.13. The molecule has 0 atom stereocenters. The summed E-state index contributed by atoms with van der Waals surface area (Å²) in [6, 6.07) is 2.84. The third-order valence-corrected chi connectivity index (χ3v) is 3.09. The van der Waals surface area contributed by atoms with Crippen molar-refractivity contribution in [3.63, 3.8) is 0 Å². The average molecular weight is 328 g/mol. The fourth-order valence-electron chi connectivity index (χ4n) is 1.30. The highest BCUT2D eigenvalue weighted by Gasteiger charge is 2.13. The van der Waals surface area contributed by atoms with Crippen molar-refractivity contribution in [3.8, 4) is 0 Å². The Morgan fingerprint density at radius 1 is 0.895 bits per heavy atom. The Kier molecular flexibility index (Phi) is 4.08. The van der Waals surface area contributed by atoms with Crippen molar-refractivity contribution >= 4 is 46.3 Å². The van der Waals surface area contributed by atoms with E-state index in [0.717, 1.165) is 12.1 Å². The molecule has 0 aliphatic rings. The van der Waals surface area contributed by atoms with Crippen LogP contribution in [0.4, 0.5) is 24.7 Å². The minimum absolute atomic E-state index is 0.0309. The Hall–Kier alpha value is -1.17.